The average molecular weight is 324 g/mol. The number of aryl methyl sites for hydroxylation is 1. The van der Waals surface area contributed by atoms with Crippen LogP contribution in [0.3, 0.4) is 0 Å². The van der Waals surface area contributed by atoms with Crippen molar-refractivity contribution in [2.24, 2.45) is 4.99 Å². The molecule has 1 fully saturated rings. The predicted octanol–water partition coefficient (Wildman–Crippen LogP) is 2.03. The van der Waals surface area contributed by atoms with Gasteiger partial charge in [-0.25, -0.2) is 4.98 Å². The van der Waals surface area contributed by atoms with Crippen molar-refractivity contribution in [2.75, 3.05) is 33.2 Å². The van der Waals surface area contributed by atoms with Crippen LogP contribution in [0.1, 0.15) is 36.9 Å². The maximum Gasteiger partial charge on any atom is 0.191 e. The Balaban J connectivity index is 1.62. The zero-order valence-corrected chi connectivity index (χ0v) is 14.9. The lowest BCUT2D eigenvalue weighted by molar-refractivity contribution is 0.163. The first kappa shape index (κ1) is 17.2. The third-order valence-electron chi connectivity index (χ3n) is 4.20. The summed E-state index contributed by atoms with van der Waals surface area (Å²) < 4.78 is 0. The highest BCUT2D eigenvalue weighted by atomic mass is 32.1. The number of nitrogens with one attached hydrogen (secondary N) is 2. The van der Waals surface area contributed by atoms with Crippen LogP contribution in [0.2, 0.25) is 0 Å². The second-order valence-corrected chi connectivity index (χ2v) is 6.98. The first-order valence-corrected chi connectivity index (χ1v) is 9.16. The van der Waals surface area contributed by atoms with E-state index in [2.05, 4.69) is 37.8 Å². The largest absolute Gasteiger partial charge is 0.356 e. The zero-order chi connectivity index (χ0) is 15.8. The summed E-state index contributed by atoms with van der Waals surface area (Å²) in [6, 6.07) is 0.721. The number of rotatable bonds is 6. The zero-order valence-electron chi connectivity index (χ0n) is 14.1. The van der Waals surface area contributed by atoms with Crippen molar-refractivity contribution >= 4 is 17.3 Å². The van der Waals surface area contributed by atoms with Crippen LogP contribution in [0.25, 0.3) is 0 Å². The molecule has 6 heteroatoms. The molecule has 1 atom stereocenters. The molecule has 2 N–H and O–H groups in total. The van der Waals surface area contributed by atoms with Crippen LogP contribution in [0.5, 0.6) is 0 Å². The standard InChI is InChI=1S/C16H29N5S/c1-13-6-4-5-10-21(13)11-9-19-16(17-3)18-8-7-15-12-22-14(2)20-15/h12-13H,4-11H2,1-3H3,(H2,17,18,19). The number of aromatic nitrogens is 1. The van der Waals surface area contributed by atoms with E-state index in [-0.39, 0.29) is 0 Å². The van der Waals surface area contributed by atoms with E-state index in [0.29, 0.717) is 0 Å². The Labute approximate surface area is 138 Å². The first-order valence-electron chi connectivity index (χ1n) is 8.28. The lowest BCUT2D eigenvalue weighted by Crippen LogP contribution is -2.45. The molecule has 0 spiro atoms. The lowest BCUT2D eigenvalue weighted by Gasteiger charge is -2.33. The van der Waals surface area contributed by atoms with Crippen LogP contribution in [0, 0.1) is 6.92 Å². The molecule has 2 heterocycles. The smallest absolute Gasteiger partial charge is 0.191 e. The fourth-order valence-electron chi connectivity index (χ4n) is 2.86. The summed E-state index contributed by atoms with van der Waals surface area (Å²) in [4.78, 5) is 11.3. The third kappa shape index (κ3) is 5.57. The van der Waals surface area contributed by atoms with Crippen LogP contribution in [0.15, 0.2) is 10.4 Å². The van der Waals surface area contributed by atoms with E-state index in [1.807, 2.05) is 14.0 Å². The van der Waals surface area contributed by atoms with Gasteiger partial charge in [0.05, 0.1) is 10.7 Å². The SMILES string of the molecule is CN=C(NCCc1csc(C)n1)NCCN1CCCCC1C. The van der Waals surface area contributed by atoms with Gasteiger partial charge in [-0.3, -0.25) is 9.89 Å². The van der Waals surface area contributed by atoms with E-state index >= 15 is 0 Å². The van der Waals surface area contributed by atoms with Crippen LogP contribution >= 0.6 is 11.3 Å². The van der Waals surface area contributed by atoms with Gasteiger partial charge in [-0.2, -0.15) is 0 Å². The van der Waals surface area contributed by atoms with Crippen molar-refractivity contribution in [1.29, 1.82) is 0 Å². The summed E-state index contributed by atoms with van der Waals surface area (Å²) in [5.74, 6) is 0.886. The van der Waals surface area contributed by atoms with Gasteiger partial charge >= 0.3 is 0 Å². The molecule has 1 unspecified atom stereocenters. The minimum atomic E-state index is 0.721. The highest BCUT2D eigenvalue weighted by Crippen LogP contribution is 2.15. The molecule has 22 heavy (non-hydrogen) atoms. The highest BCUT2D eigenvalue weighted by molar-refractivity contribution is 7.09. The number of thiazole rings is 1. The van der Waals surface area contributed by atoms with Crippen molar-refractivity contribution in [3.05, 3.63) is 16.1 Å². The van der Waals surface area contributed by atoms with E-state index in [9.17, 15) is 0 Å². The molecule has 1 aromatic rings. The van der Waals surface area contributed by atoms with Crippen molar-refractivity contribution < 1.29 is 0 Å². The fraction of sp³-hybridized carbons (Fsp3) is 0.750. The normalized spacial score (nSPS) is 20.1. The topological polar surface area (TPSA) is 52.6 Å². The Bertz CT molecular complexity index is 471. The summed E-state index contributed by atoms with van der Waals surface area (Å²) in [7, 11) is 1.83. The quantitative estimate of drug-likeness (QED) is 0.621. The number of likely N-dealkylation sites (tertiary alicyclic amines) is 1. The van der Waals surface area contributed by atoms with Crippen LogP contribution < -0.4 is 10.6 Å². The Morgan fingerprint density at radius 1 is 1.41 bits per heavy atom. The number of aliphatic imine (C=N–C) groups is 1. The molecule has 0 saturated carbocycles. The van der Waals surface area contributed by atoms with E-state index < -0.39 is 0 Å². The fourth-order valence-corrected chi connectivity index (χ4v) is 3.51. The maximum atomic E-state index is 4.48. The number of nitrogens with zero attached hydrogens (tertiary/aromatic N) is 3. The molecule has 1 aromatic heterocycles. The van der Waals surface area contributed by atoms with Crippen molar-refractivity contribution in [1.82, 2.24) is 20.5 Å². The van der Waals surface area contributed by atoms with Gasteiger partial charge in [0, 0.05) is 44.5 Å². The minimum Gasteiger partial charge on any atom is -0.356 e. The minimum absolute atomic E-state index is 0.721. The molecule has 1 aliphatic rings. The Morgan fingerprint density at radius 3 is 2.91 bits per heavy atom. The van der Waals surface area contributed by atoms with Crippen molar-refractivity contribution in [3.63, 3.8) is 0 Å². The summed E-state index contributed by atoms with van der Waals surface area (Å²) in [6.45, 7) is 8.51. The number of hydrogen-bond acceptors (Lipinski definition) is 4. The van der Waals surface area contributed by atoms with E-state index in [0.717, 1.165) is 48.8 Å². The maximum absolute atomic E-state index is 4.48. The summed E-state index contributed by atoms with van der Waals surface area (Å²) in [5.41, 5.74) is 1.16. The number of guanidine groups is 1. The first-order chi connectivity index (χ1) is 10.7. The second-order valence-electron chi connectivity index (χ2n) is 5.91. The van der Waals surface area contributed by atoms with Crippen molar-refractivity contribution in [3.8, 4) is 0 Å². The molecule has 1 aliphatic heterocycles. The van der Waals surface area contributed by atoms with E-state index in [1.54, 1.807) is 11.3 Å². The molecule has 0 amide bonds. The molecule has 5 nitrogen and oxygen atoms in total. The number of piperidine rings is 1. The summed E-state index contributed by atoms with van der Waals surface area (Å²) in [5, 5.41) is 10.0. The monoisotopic (exact) mass is 323 g/mol. The van der Waals surface area contributed by atoms with Gasteiger partial charge in [-0.05, 0) is 33.2 Å². The van der Waals surface area contributed by atoms with E-state index in [4.69, 9.17) is 0 Å². The summed E-state index contributed by atoms with van der Waals surface area (Å²) in [6.07, 6.45) is 4.99. The van der Waals surface area contributed by atoms with Gasteiger partial charge < -0.3 is 10.6 Å². The molecule has 0 aliphatic carbocycles. The van der Waals surface area contributed by atoms with Crippen molar-refractivity contribution in [2.45, 2.75) is 45.6 Å². The third-order valence-corrected chi connectivity index (χ3v) is 5.02. The lowest BCUT2D eigenvalue weighted by atomic mass is 10.0. The van der Waals surface area contributed by atoms with Gasteiger partial charge in [0.25, 0.3) is 0 Å². The van der Waals surface area contributed by atoms with Crippen LogP contribution in [-0.4, -0.2) is 55.1 Å². The van der Waals surface area contributed by atoms with Crippen LogP contribution in [-0.2, 0) is 6.42 Å². The molecule has 124 valence electrons. The Kier molecular flexibility index (Phi) is 7.12. The Hall–Kier alpha value is -1.14. The highest BCUT2D eigenvalue weighted by Gasteiger charge is 2.17. The Morgan fingerprint density at radius 2 is 2.23 bits per heavy atom. The average Bonchev–Trinajstić information content (AvgIpc) is 2.93. The predicted molar refractivity (Wildman–Crippen MR) is 94.8 cm³/mol. The van der Waals surface area contributed by atoms with Crippen LogP contribution in [0.4, 0.5) is 0 Å². The van der Waals surface area contributed by atoms with Gasteiger partial charge in [0.15, 0.2) is 5.96 Å². The molecule has 0 bridgehead atoms. The molecular weight excluding hydrogens is 294 g/mol. The number of hydrogen-bond donors (Lipinski definition) is 2. The van der Waals surface area contributed by atoms with Gasteiger partial charge in [0.2, 0.25) is 0 Å². The van der Waals surface area contributed by atoms with E-state index in [1.165, 1.54) is 25.8 Å². The second kappa shape index (κ2) is 9.10. The summed E-state index contributed by atoms with van der Waals surface area (Å²) >= 11 is 1.71. The molecule has 1 saturated heterocycles. The molecule has 0 aromatic carbocycles. The molecule has 2 rings (SSSR count). The van der Waals surface area contributed by atoms with Gasteiger partial charge in [-0.15, -0.1) is 11.3 Å². The van der Waals surface area contributed by atoms with Gasteiger partial charge in [0.1, 0.15) is 0 Å². The molecule has 0 radical (unpaired) electrons. The molecular formula is C16H29N5S. The van der Waals surface area contributed by atoms with Gasteiger partial charge in [-0.1, -0.05) is 6.42 Å².